The van der Waals surface area contributed by atoms with E-state index in [-0.39, 0.29) is 5.91 Å². The van der Waals surface area contributed by atoms with Crippen LogP contribution >= 0.6 is 11.6 Å². The van der Waals surface area contributed by atoms with Crippen LogP contribution < -0.4 is 5.32 Å². The molecule has 1 aliphatic rings. The van der Waals surface area contributed by atoms with E-state index in [1.165, 1.54) is 0 Å². The van der Waals surface area contributed by atoms with Crippen LogP contribution in [0.2, 0.25) is 5.02 Å². The van der Waals surface area contributed by atoms with E-state index < -0.39 is 0 Å². The number of amidine groups is 1. The predicted molar refractivity (Wildman–Crippen MR) is 125 cm³/mol. The van der Waals surface area contributed by atoms with Gasteiger partial charge in [-0.15, -0.1) is 0 Å². The van der Waals surface area contributed by atoms with E-state index in [9.17, 15) is 4.79 Å². The first-order valence-corrected chi connectivity index (χ1v) is 10.5. The number of amides is 1. The number of carbonyl (C=O) groups excluding carboxylic acids is 1. The van der Waals surface area contributed by atoms with E-state index in [0.29, 0.717) is 22.1 Å². The van der Waals surface area contributed by atoms with Crippen molar-refractivity contribution >= 4 is 29.0 Å². The molecule has 2 aromatic carbocycles. The van der Waals surface area contributed by atoms with Crippen molar-refractivity contribution in [1.82, 2.24) is 14.8 Å². The Labute approximate surface area is 187 Å². The SMILES string of the molecule is CN1CCN(C(=N)c2ccc(C(=O)Nc3ccc(Cl)c(-c4ccccn4)c3)cc2)CC1. The van der Waals surface area contributed by atoms with Crippen molar-refractivity contribution in [2.75, 3.05) is 38.5 Å². The molecule has 4 rings (SSSR count). The Morgan fingerprint density at radius 1 is 1.00 bits per heavy atom. The highest BCUT2D eigenvalue weighted by molar-refractivity contribution is 6.33. The second kappa shape index (κ2) is 9.29. The molecule has 0 radical (unpaired) electrons. The number of hydrogen-bond donors (Lipinski definition) is 2. The molecule has 158 valence electrons. The van der Waals surface area contributed by atoms with E-state index in [0.717, 1.165) is 43.0 Å². The zero-order chi connectivity index (χ0) is 21.8. The summed E-state index contributed by atoms with van der Waals surface area (Å²) in [5, 5.41) is 12.0. The van der Waals surface area contributed by atoms with E-state index in [1.54, 1.807) is 30.5 Å². The van der Waals surface area contributed by atoms with Gasteiger partial charge >= 0.3 is 0 Å². The molecule has 0 saturated carbocycles. The third-order valence-electron chi connectivity index (χ3n) is 5.41. The maximum absolute atomic E-state index is 12.7. The van der Waals surface area contributed by atoms with Crippen LogP contribution in [0.1, 0.15) is 15.9 Å². The van der Waals surface area contributed by atoms with Gasteiger partial charge in [0.25, 0.3) is 5.91 Å². The molecular formula is C24H24ClN5O. The molecule has 1 fully saturated rings. The van der Waals surface area contributed by atoms with Crippen LogP contribution in [0.4, 0.5) is 5.69 Å². The van der Waals surface area contributed by atoms with E-state index in [4.69, 9.17) is 17.0 Å². The van der Waals surface area contributed by atoms with Crippen molar-refractivity contribution in [3.05, 3.63) is 83.0 Å². The van der Waals surface area contributed by atoms with Crippen molar-refractivity contribution in [2.24, 2.45) is 0 Å². The molecule has 6 nitrogen and oxygen atoms in total. The van der Waals surface area contributed by atoms with Gasteiger partial charge in [0.15, 0.2) is 0 Å². The van der Waals surface area contributed by atoms with Gasteiger partial charge in [0.05, 0.1) is 10.7 Å². The zero-order valence-corrected chi connectivity index (χ0v) is 18.1. The van der Waals surface area contributed by atoms with Gasteiger partial charge in [-0.2, -0.15) is 0 Å². The van der Waals surface area contributed by atoms with Crippen molar-refractivity contribution in [3.63, 3.8) is 0 Å². The van der Waals surface area contributed by atoms with Gasteiger partial charge in [0.2, 0.25) is 0 Å². The number of carbonyl (C=O) groups is 1. The molecule has 0 spiro atoms. The molecule has 2 N–H and O–H groups in total. The zero-order valence-electron chi connectivity index (χ0n) is 17.3. The lowest BCUT2D eigenvalue weighted by atomic mass is 10.1. The van der Waals surface area contributed by atoms with Gasteiger partial charge in [-0.3, -0.25) is 15.2 Å². The fourth-order valence-electron chi connectivity index (χ4n) is 3.52. The Morgan fingerprint density at radius 2 is 1.71 bits per heavy atom. The first-order valence-electron chi connectivity index (χ1n) is 10.2. The summed E-state index contributed by atoms with van der Waals surface area (Å²) in [4.78, 5) is 21.4. The molecule has 1 aliphatic heterocycles. The van der Waals surface area contributed by atoms with Gasteiger partial charge in [-0.1, -0.05) is 29.8 Å². The Balaban J connectivity index is 1.45. The minimum Gasteiger partial charge on any atom is -0.354 e. The quantitative estimate of drug-likeness (QED) is 0.477. The van der Waals surface area contributed by atoms with Crippen molar-refractivity contribution in [2.45, 2.75) is 0 Å². The molecule has 1 saturated heterocycles. The summed E-state index contributed by atoms with van der Waals surface area (Å²) in [6.07, 6.45) is 1.71. The molecule has 1 aromatic heterocycles. The van der Waals surface area contributed by atoms with Gasteiger partial charge in [0, 0.05) is 54.8 Å². The van der Waals surface area contributed by atoms with E-state index >= 15 is 0 Å². The predicted octanol–water partition coefficient (Wildman–Crippen LogP) is 4.23. The highest BCUT2D eigenvalue weighted by Gasteiger charge is 2.18. The Morgan fingerprint density at radius 3 is 2.39 bits per heavy atom. The molecule has 31 heavy (non-hydrogen) atoms. The average molecular weight is 434 g/mol. The van der Waals surface area contributed by atoms with Crippen LogP contribution in [-0.4, -0.2) is 59.8 Å². The Hall–Kier alpha value is -3.22. The van der Waals surface area contributed by atoms with Gasteiger partial charge < -0.3 is 15.1 Å². The molecule has 0 aliphatic carbocycles. The number of benzene rings is 2. The second-order valence-electron chi connectivity index (χ2n) is 7.58. The van der Waals surface area contributed by atoms with Crippen LogP contribution in [0.5, 0.6) is 0 Å². The lowest BCUT2D eigenvalue weighted by molar-refractivity contribution is 0.102. The number of piperazine rings is 1. The number of nitrogens with one attached hydrogen (secondary N) is 2. The molecule has 1 amide bonds. The van der Waals surface area contributed by atoms with Crippen LogP contribution in [0.25, 0.3) is 11.3 Å². The van der Waals surface area contributed by atoms with Crippen molar-refractivity contribution in [1.29, 1.82) is 5.41 Å². The molecule has 0 bridgehead atoms. The summed E-state index contributed by atoms with van der Waals surface area (Å²) < 4.78 is 0. The monoisotopic (exact) mass is 433 g/mol. The molecule has 0 unspecified atom stereocenters. The lowest BCUT2D eigenvalue weighted by Gasteiger charge is -2.34. The van der Waals surface area contributed by atoms with Crippen LogP contribution in [0, 0.1) is 5.41 Å². The normalized spacial score (nSPS) is 14.3. The van der Waals surface area contributed by atoms with Crippen molar-refractivity contribution in [3.8, 4) is 11.3 Å². The number of pyridine rings is 1. The van der Waals surface area contributed by atoms with Gasteiger partial charge in [0.1, 0.15) is 5.84 Å². The van der Waals surface area contributed by atoms with Crippen molar-refractivity contribution < 1.29 is 4.79 Å². The molecule has 2 heterocycles. The maximum atomic E-state index is 12.7. The Bertz CT molecular complexity index is 1080. The third-order valence-corrected chi connectivity index (χ3v) is 5.73. The van der Waals surface area contributed by atoms with Crippen LogP contribution in [-0.2, 0) is 0 Å². The van der Waals surface area contributed by atoms with Gasteiger partial charge in [-0.25, -0.2) is 0 Å². The second-order valence-corrected chi connectivity index (χ2v) is 7.99. The maximum Gasteiger partial charge on any atom is 0.255 e. The minimum atomic E-state index is -0.216. The summed E-state index contributed by atoms with van der Waals surface area (Å²) in [5.41, 5.74) is 3.49. The van der Waals surface area contributed by atoms with Crippen LogP contribution in [0.15, 0.2) is 66.9 Å². The highest BCUT2D eigenvalue weighted by atomic mass is 35.5. The standard InChI is InChI=1S/C24H24ClN5O/c1-29-12-14-30(15-13-29)23(26)17-5-7-18(8-6-17)24(31)28-19-9-10-21(25)20(16-19)22-4-2-3-11-27-22/h2-11,16,26H,12-15H2,1H3,(H,28,31). The molecule has 3 aromatic rings. The number of anilines is 1. The highest BCUT2D eigenvalue weighted by Crippen LogP contribution is 2.29. The molecular weight excluding hydrogens is 410 g/mol. The number of hydrogen-bond acceptors (Lipinski definition) is 4. The fraction of sp³-hybridized carbons (Fsp3) is 0.208. The summed E-state index contributed by atoms with van der Waals surface area (Å²) in [6.45, 7) is 3.58. The fourth-order valence-corrected chi connectivity index (χ4v) is 3.73. The summed E-state index contributed by atoms with van der Waals surface area (Å²) in [7, 11) is 2.09. The summed E-state index contributed by atoms with van der Waals surface area (Å²) >= 11 is 6.32. The number of rotatable bonds is 4. The molecule has 7 heteroatoms. The average Bonchev–Trinajstić information content (AvgIpc) is 2.81. The first kappa shape index (κ1) is 21.0. The smallest absolute Gasteiger partial charge is 0.255 e. The van der Waals surface area contributed by atoms with E-state index in [1.807, 2.05) is 36.4 Å². The number of nitrogens with zero attached hydrogens (tertiary/aromatic N) is 3. The number of likely N-dealkylation sites (N-methyl/N-ethyl adjacent to an activating group) is 1. The van der Waals surface area contributed by atoms with E-state index in [2.05, 4.69) is 27.1 Å². The summed E-state index contributed by atoms with van der Waals surface area (Å²) in [6, 6.07) is 18.1. The number of halogens is 1. The largest absolute Gasteiger partial charge is 0.354 e. The Kier molecular flexibility index (Phi) is 6.30. The minimum absolute atomic E-state index is 0.216. The summed E-state index contributed by atoms with van der Waals surface area (Å²) in [5.74, 6) is 0.282. The topological polar surface area (TPSA) is 72.3 Å². The first-order chi connectivity index (χ1) is 15.0. The number of aromatic nitrogens is 1. The molecule has 0 atom stereocenters. The lowest BCUT2D eigenvalue weighted by Crippen LogP contribution is -2.47. The van der Waals surface area contributed by atoms with Crippen LogP contribution in [0.3, 0.4) is 0 Å². The van der Waals surface area contributed by atoms with Gasteiger partial charge in [-0.05, 0) is 49.5 Å². The third kappa shape index (κ3) is 4.93.